The number of aliphatic carboxylic acids is 1. The van der Waals surface area contributed by atoms with E-state index in [0.29, 0.717) is 25.2 Å². The Hall–Kier alpha value is -1.39. The molecule has 0 bridgehead atoms. The molecule has 0 saturated heterocycles. The van der Waals surface area contributed by atoms with Gasteiger partial charge in [0, 0.05) is 6.54 Å². The monoisotopic (exact) mass is 195 g/mol. The van der Waals surface area contributed by atoms with E-state index >= 15 is 0 Å². The van der Waals surface area contributed by atoms with Crippen LogP contribution in [0.2, 0.25) is 0 Å². The van der Waals surface area contributed by atoms with Gasteiger partial charge < -0.3 is 5.11 Å². The lowest BCUT2D eigenvalue weighted by atomic mass is 9.68. The van der Waals surface area contributed by atoms with Crippen LogP contribution in [-0.2, 0) is 16.8 Å². The molecule has 0 atom stereocenters. The third kappa shape index (κ3) is 1.05. The molecule has 14 heavy (non-hydrogen) atoms. The van der Waals surface area contributed by atoms with Crippen molar-refractivity contribution in [2.24, 2.45) is 0 Å². The Kier molecular flexibility index (Phi) is 2.02. The van der Waals surface area contributed by atoms with Crippen LogP contribution >= 0.6 is 0 Å². The number of nitrogens with zero attached hydrogens (tertiary/aromatic N) is 3. The molecule has 0 unspecified atom stereocenters. The molecule has 1 saturated carbocycles. The maximum Gasteiger partial charge on any atom is 0.317 e. The largest absolute Gasteiger partial charge is 0.480 e. The fraction of sp³-hybridized carbons (Fsp3) is 0.667. The summed E-state index contributed by atoms with van der Waals surface area (Å²) in [6.07, 6.45) is 3.76. The first-order valence-electron chi connectivity index (χ1n) is 4.82. The molecule has 2 rings (SSSR count). The summed E-state index contributed by atoms with van der Waals surface area (Å²) in [5.41, 5.74) is -0.757. The summed E-state index contributed by atoms with van der Waals surface area (Å²) in [6, 6.07) is 0. The minimum absolute atomic E-state index is 0.610. The van der Waals surface area contributed by atoms with Crippen molar-refractivity contribution in [3.8, 4) is 0 Å². The maximum atomic E-state index is 11.2. The first-order chi connectivity index (χ1) is 6.70. The van der Waals surface area contributed by atoms with Gasteiger partial charge in [0.2, 0.25) is 0 Å². The highest BCUT2D eigenvalue weighted by Crippen LogP contribution is 2.42. The second-order valence-corrected chi connectivity index (χ2v) is 3.64. The Labute approximate surface area is 81.8 Å². The van der Waals surface area contributed by atoms with E-state index in [2.05, 4.69) is 10.1 Å². The van der Waals surface area contributed by atoms with Crippen LogP contribution in [-0.4, -0.2) is 25.8 Å². The van der Waals surface area contributed by atoms with Gasteiger partial charge in [0.1, 0.15) is 17.6 Å². The molecule has 0 aromatic carbocycles. The minimum Gasteiger partial charge on any atom is -0.480 e. The lowest BCUT2D eigenvalue weighted by molar-refractivity contribution is -0.148. The number of carbonyl (C=O) groups is 1. The van der Waals surface area contributed by atoms with E-state index in [0.717, 1.165) is 6.42 Å². The van der Waals surface area contributed by atoms with Crippen LogP contribution < -0.4 is 0 Å². The van der Waals surface area contributed by atoms with Crippen LogP contribution in [0.4, 0.5) is 0 Å². The summed E-state index contributed by atoms with van der Waals surface area (Å²) >= 11 is 0. The van der Waals surface area contributed by atoms with E-state index in [-0.39, 0.29) is 0 Å². The summed E-state index contributed by atoms with van der Waals surface area (Å²) in [5, 5.41) is 13.2. The zero-order valence-corrected chi connectivity index (χ0v) is 8.10. The van der Waals surface area contributed by atoms with Crippen molar-refractivity contribution in [3.05, 3.63) is 12.2 Å². The molecular weight excluding hydrogens is 182 g/mol. The van der Waals surface area contributed by atoms with Crippen molar-refractivity contribution in [1.29, 1.82) is 0 Å². The van der Waals surface area contributed by atoms with Gasteiger partial charge in [-0.1, -0.05) is 6.42 Å². The van der Waals surface area contributed by atoms with E-state index in [1.54, 1.807) is 4.68 Å². The fourth-order valence-corrected chi connectivity index (χ4v) is 1.93. The predicted octanol–water partition coefficient (Wildman–Crippen LogP) is 0.804. The molecule has 0 radical (unpaired) electrons. The van der Waals surface area contributed by atoms with Crippen LogP contribution in [0, 0.1) is 0 Å². The van der Waals surface area contributed by atoms with Crippen molar-refractivity contribution in [1.82, 2.24) is 14.8 Å². The Bertz CT molecular complexity index is 355. The molecule has 5 heteroatoms. The van der Waals surface area contributed by atoms with Gasteiger partial charge >= 0.3 is 5.97 Å². The van der Waals surface area contributed by atoms with E-state index in [1.807, 2.05) is 6.92 Å². The molecule has 1 aliphatic rings. The number of carboxylic acid groups (broad SMARTS) is 1. The second-order valence-electron chi connectivity index (χ2n) is 3.64. The second kappa shape index (κ2) is 3.08. The van der Waals surface area contributed by atoms with Gasteiger partial charge in [0.25, 0.3) is 0 Å². The summed E-state index contributed by atoms with van der Waals surface area (Å²) in [4.78, 5) is 15.3. The molecule has 1 aliphatic carbocycles. The zero-order valence-electron chi connectivity index (χ0n) is 8.10. The number of aromatic nitrogens is 3. The van der Waals surface area contributed by atoms with Gasteiger partial charge in [-0.2, -0.15) is 5.10 Å². The smallest absolute Gasteiger partial charge is 0.317 e. The summed E-state index contributed by atoms with van der Waals surface area (Å²) in [5.74, 6) is -0.162. The molecule has 1 aromatic rings. The van der Waals surface area contributed by atoms with Crippen molar-refractivity contribution < 1.29 is 9.90 Å². The van der Waals surface area contributed by atoms with E-state index in [1.165, 1.54) is 6.33 Å². The molecule has 5 nitrogen and oxygen atoms in total. The minimum atomic E-state index is -0.772. The molecule has 76 valence electrons. The first kappa shape index (κ1) is 9.18. The van der Waals surface area contributed by atoms with Crippen molar-refractivity contribution in [2.75, 3.05) is 0 Å². The van der Waals surface area contributed by atoms with Crippen LogP contribution in [0.5, 0.6) is 0 Å². The van der Waals surface area contributed by atoms with E-state index in [4.69, 9.17) is 0 Å². The average Bonchev–Trinajstić information content (AvgIpc) is 2.50. The fourth-order valence-electron chi connectivity index (χ4n) is 1.93. The predicted molar refractivity (Wildman–Crippen MR) is 48.9 cm³/mol. The standard InChI is InChI=1S/C9H13N3O2/c1-2-12-7(10-6-11-12)9(8(13)14)4-3-5-9/h6H,2-5H2,1H3,(H,13,14). The molecule has 1 N–H and O–H groups in total. The van der Waals surface area contributed by atoms with E-state index in [9.17, 15) is 9.90 Å². The summed E-state index contributed by atoms with van der Waals surface area (Å²) in [7, 11) is 0. The van der Waals surface area contributed by atoms with Gasteiger partial charge in [-0.3, -0.25) is 4.79 Å². The Morgan fingerprint density at radius 3 is 2.86 bits per heavy atom. The number of aryl methyl sites for hydroxylation is 1. The van der Waals surface area contributed by atoms with Crippen molar-refractivity contribution in [2.45, 2.75) is 38.1 Å². The van der Waals surface area contributed by atoms with Gasteiger partial charge in [-0.05, 0) is 19.8 Å². The third-order valence-corrected chi connectivity index (χ3v) is 2.96. The van der Waals surface area contributed by atoms with Gasteiger partial charge in [-0.25, -0.2) is 9.67 Å². The molecule has 0 aliphatic heterocycles. The summed E-state index contributed by atoms with van der Waals surface area (Å²) in [6.45, 7) is 2.61. The number of hydrogen-bond acceptors (Lipinski definition) is 3. The molecule has 1 aromatic heterocycles. The Morgan fingerprint density at radius 2 is 2.43 bits per heavy atom. The SMILES string of the molecule is CCn1ncnc1C1(C(=O)O)CCC1. The van der Waals surface area contributed by atoms with Crippen LogP contribution in [0.25, 0.3) is 0 Å². The highest BCUT2D eigenvalue weighted by atomic mass is 16.4. The molecular formula is C9H13N3O2. The number of rotatable bonds is 3. The van der Waals surface area contributed by atoms with Gasteiger partial charge in [0.15, 0.2) is 0 Å². The zero-order chi connectivity index (χ0) is 10.2. The topological polar surface area (TPSA) is 68.0 Å². The first-order valence-corrected chi connectivity index (χ1v) is 4.82. The van der Waals surface area contributed by atoms with Crippen molar-refractivity contribution >= 4 is 5.97 Å². The maximum absolute atomic E-state index is 11.2. The lowest BCUT2D eigenvalue weighted by Gasteiger charge is -2.36. The van der Waals surface area contributed by atoms with Crippen LogP contribution in [0.1, 0.15) is 32.0 Å². The van der Waals surface area contributed by atoms with E-state index < -0.39 is 11.4 Å². The van der Waals surface area contributed by atoms with Crippen molar-refractivity contribution in [3.63, 3.8) is 0 Å². The highest BCUT2D eigenvalue weighted by molar-refractivity contribution is 5.81. The van der Waals surface area contributed by atoms with Gasteiger partial charge in [-0.15, -0.1) is 0 Å². The molecule has 1 fully saturated rings. The lowest BCUT2D eigenvalue weighted by Crippen LogP contribution is -2.44. The molecule has 0 spiro atoms. The average molecular weight is 195 g/mol. The third-order valence-electron chi connectivity index (χ3n) is 2.96. The normalized spacial score (nSPS) is 18.9. The Morgan fingerprint density at radius 1 is 1.71 bits per heavy atom. The summed E-state index contributed by atoms with van der Waals surface area (Å²) < 4.78 is 1.67. The Balaban J connectivity index is 2.41. The van der Waals surface area contributed by atoms with Gasteiger partial charge in [0.05, 0.1) is 0 Å². The number of hydrogen-bond donors (Lipinski definition) is 1. The quantitative estimate of drug-likeness (QED) is 0.774. The van der Waals surface area contributed by atoms with Crippen LogP contribution in [0.15, 0.2) is 6.33 Å². The van der Waals surface area contributed by atoms with Crippen LogP contribution in [0.3, 0.4) is 0 Å². The number of carboxylic acids is 1. The molecule has 1 heterocycles. The molecule has 0 amide bonds. The highest BCUT2D eigenvalue weighted by Gasteiger charge is 2.49.